The fourth-order valence-corrected chi connectivity index (χ4v) is 3.76. The Balaban J connectivity index is 2.18. The van der Waals surface area contributed by atoms with Crippen LogP contribution in [-0.4, -0.2) is 14.5 Å². The predicted octanol–water partition coefficient (Wildman–Crippen LogP) is 1.90. The third kappa shape index (κ3) is 3.52. The van der Waals surface area contributed by atoms with Crippen molar-refractivity contribution in [3.8, 4) is 0 Å². The average molecular weight is 286 g/mol. The molecule has 1 aromatic carbocycles. The van der Waals surface area contributed by atoms with Gasteiger partial charge in [-0.3, -0.25) is 0 Å². The Bertz CT molecular complexity index is 540. The Labute approximate surface area is 113 Å². The zero-order valence-corrected chi connectivity index (χ0v) is 11.5. The van der Waals surface area contributed by atoms with Crippen molar-refractivity contribution in [2.75, 3.05) is 0 Å². The molecule has 1 aliphatic carbocycles. The van der Waals surface area contributed by atoms with Crippen molar-refractivity contribution in [2.24, 2.45) is 5.73 Å². The molecule has 4 nitrogen and oxygen atoms in total. The summed E-state index contributed by atoms with van der Waals surface area (Å²) in [4.78, 5) is -0.296. The molecular weight excluding hydrogens is 267 g/mol. The highest BCUT2D eigenvalue weighted by Gasteiger charge is 2.24. The molecule has 0 amide bonds. The Morgan fingerprint density at radius 1 is 1.26 bits per heavy atom. The minimum Gasteiger partial charge on any atom is -0.326 e. The van der Waals surface area contributed by atoms with Gasteiger partial charge in [-0.05, 0) is 30.5 Å². The lowest BCUT2D eigenvalue weighted by atomic mass is 9.96. The maximum Gasteiger partial charge on any atom is 0.243 e. The molecule has 0 aliphatic heterocycles. The van der Waals surface area contributed by atoms with Gasteiger partial charge in [-0.1, -0.05) is 25.3 Å². The molecule has 0 heterocycles. The highest BCUT2D eigenvalue weighted by Crippen LogP contribution is 2.21. The van der Waals surface area contributed by atoms with Gasteiger partial charge in [0.1, 0.15) is 10.7 Å². The lowest BCUT2D eigenvalue weighted by Gasteiger charge is -2.22. The number of benzene rings is 1. The van der Waals surface area contributed by atoms with E-state index in [0.29, 0.717) is 5.56 Å². The van der Waals surface area contributed by atoms with Crippen LogP contribution in [0, 0.1) is 5.82 Å². The summed E-state index contributed by atoms with van der Waals surface area (Å²) in [6, 6.07) is 3.92. The van der Waals surface area contributed by atoms with Crippen molar-refractivity contribution >= 4 is 10.0 Å². The summed E-state index contributed by atoms with van der Waals surface area (Å²) < 4.78 is 40.7. The second kappa shape index (κ2) is 5.98. The van der Waals surface area contributed by atoms with Gasteiger partial charge in [0.05, 0.1) is 0 Å². The maximum absolute atomic E-state index is 13.8. The normalized spacial score (nSPS) is 17.6. The minimum atomic E-state index is -3.78. The summed E-state index contributed by atoms with van der Waals surface area (Å²) in [5, 5.41) is 0. The van der Waals surface area contributed by atoms with Gasteiger partial charge in [0, 0.05) is 12.6 Å². The first-order valence-corrected chi connectivity index (χ1v) is 8.02. The van der Waals surface area contributed by atoms with Crippen LogP contribution in [0.15, 0.2) is 23.1 Å². The molecule has 6 heteroatoms. The largest absolute Gasteiger partial charge is 0.326 e. The van der Waals surface area contributed by atoms with E-state index in [4.69, 9.17) is 5.73 Å². The quantitative estimate of drug-likeness (QED) is 0.888. The number of halogens is 1. The molecular formula is C13H19FN2O2S. The summed E-state index contributed by atoms with van der Waals surface area (Å²) >= 11 is 0. The molecule has 0 spiro atoms. The van der Waals surface area contributed by atoms with Crippen LogP contribution >= 0.6 is 0 Å². The highest BCUT2D eigenvalue weighted by molar-refractivity contribution is 7.89. The predicted molar refractivity (Wildman–Crippen MR) is 71.5 cm³/mol. The monoisotopic (exact) mass is 286 g/mol. The third-order valence-electron chi connectivity index (χ3n) is 3.45. The molecule has 0 atom stereocenters. The number of rotatable bonds is 4. The minimum absolute atomic E-state index is 0.0765. The SMILES string of the molecule is NCc1ccc(S(=O)(=O)NC2CCCCC2)c(F)c1. The summed E-state index contributed by atoms with van der Waals surface area (Å²) in [5.74, 6) is -0.744. The molecule has 0 aromatic heterocycles. The van der Waals surface area contributed by atoms with Crippen molar-refractivity contribution in [3.63, 3.8) is 0 Å². The molecule has 0 unspecified atom stereocenters. The molecule has 106 valence electrons. The van der Waals surface area contributed by atoms with Gasteiger partial charge in [0.2, 0.25) is 10.0 Å². The molecule has 1 saturated carbocycles. The molecule has 1 aromatic rings. The van der Waals surface area contributed by atoms with Gasteiger partial charge >= 0.3 is 0 Å². The Kier molecular flexibility index (Phi) is 4.54. The standard InChI is InChI=1S/C13H19FN2O2S/c14-12-8-10(9-15)6-7-13(12)19(17,18)16-11-4-2-1-3-5-11/h6-8,11,16H,1-5,9,15H2. The van der Waals surface area contributed by atoms with Crippen LogP contribution in [0.25, 0.3) is 0 Å². The molecule has 1 fully saturated rings. The van der Waals surface area contributed by atoms with E-state index in [1.807, 2.05) is 0 Å². The second-order valence-electron chi connectivity index (χ2n) is 4.93. The highest BCUT2D eigenvalue weighted by atomic mass is 32.2. The Hall–Kier alpha value is -0.980. The van der Waals surface area contributed by atoms with E-state index >= 15 is 0 Å². The van der Waals surface area contributed by atoms with E-state index in [-0.39, 0.29) is 17.5 Å². The number of hydrogen-bond donors (Lipinski definition) is 2. The van der Waals surface area contributed by atoms with Crippen molar-refractivity contribution in [2.45, 2.75) is 49.6 Å². The first kappa shape index (κ1) is 14.4. The molecule has 1 aliphatic rings. The molecule has 0 radical (unpaired) electrons. The van der Waals surface area contributed by atoms with Crippen molar-refractivity contribution < 1.29 is 12.8 Å². The van der Waals surface area contributed by atoms with Gasteiger partial charge < -0.3 is 5.73 Å². The lowest BCUT2D eigenvalue weighted by molar-refractivity contribution is 0.411. The fourth-order valence-electron chi connectivity index (χ4n) is 2.39. The summed E-state index contributed by atoms with van der Waals surface area (Å²) in [6.07, 6.45) is 4.81. The van der Waals surface area contributed by atoms with Crippen LogP contribution in [0.4, 0.5) is 4.39 Å². The van der Waals surface area contributed by atoms with Gasteiger partial charge in [-0.15, -0.1) is 0 Å². The van der Waals surface area contributed by atoms with Crippen molar-refractivity contribution in [1.29, 1.82) is 0 Å². The van der Waals surface area contributed by atoms with E-state index in [2.05, 4.69) is 4.72 Å². The first-order chi connectivity index (χ1) is 9.03. The number of hydrogen-bond acceptors (Lipinski definition) is 3. The van der Waals surface area contributed by atoms with Crippen LogP contribution in [0.3, 0.4) is 0 Å². The van der Waals surface area contributed by atoms with Crippen LogP contribution in [-0.2, 0) is 16.6 Å². The van der Waals surface area contributed by atoms with Crippen LogP contribution in [0.5, 0.6) is 0 Å². The molecule has 0 bridgehead atoms. The van der Waals surface area contributed by atoms with Crippen LogP contribution in [0.1, 0.15) is 37.7 Å². The van der Waals surface area contributed by atoms with Gasteiger partial charge in [-0.25, -0.2) is 17.5 Å². The second-order valence-corrected chi connectivity index (χ2v) is 6.61. The molecule has 0 saturated heterocycles. The number of sulfonamides is 1. The van der Waals surface area contributed by atoms with E-state index in [0.717, 1.165) is 32.1 Å². The van der Waals surface area contributed by atoms with E-state index in [9.17, 15) is 12.8 Å². The lowest BCUT2D eigenvalue weighted by Crippen LogP contribution is -2.36. The molecule has 2 rings (SSSR count). The van der Waals surface area contributed by atoms with Crippen molar-refractivity contribution in [1.82, 2.24) is 4.72 Å². The van der Waals surface area contributed by atoms with Crippen LogP contribution in [0.2, 0.25) is 0 Å². The topological polar surface area (TPSA) is 72.2 Å². The Morgan fingerprint density at radius 3 is 2.53 bits per heavy atom. The van der Waals surface area contributed by atoms with Crippen molar-refractivity contribution in [3.05, 3.63) is 29.6 Å². The zero-order valence-electron chi connectivity index (χ0n) is 10.7. The molecule has 19 heavy (non-hydrogen) atoms. The smallest absolute Gasteiger partial charge is 0.243 e. The average Bonchev–Trinajstić information content (AvgIpc) is 2.38. The van der Waals surface area contributed by atoms with Gasteiger partial charge in [0.25, 0.3) is 0 Å². The summed E-state index contributed by atoms with van der Waals surface area (Å²) in [5.41, 5.74) is 5.97. The number of nitrogens with one attached hydrogen (secondary N) is 1. The summed E-state index contributed by atoms with van der Waals surface area (Å²) in [6.45, 7) is 0.188. The first-order valence-electron chi connectivity index (χ1n) is 6.54. The molecule has 3 N–H and O–H groups in total. The van der Waals surface area contributed by atoms with E-state index in [1.165, 1.54) is 12.1 Å². The third-order valence-corrected chi connectivity index (χ3v) is 5.00. The van der Waals surface area contributed by atoms with Gasteiger partial charge in [-0.2, -0.15) is 0 Å². The Morgan fingerprint density at radius 2 is 1.95 bits per heavy atom. The fraction of sp³-hybridized carbons (Fsp3) is 0.538. The van der Waals surface area contributed by atoms with Gasteiger partial charge in [0.15, 0.2) is 0 Å². The number of nitrogens with two attached hydrogens (primary N) is 1. The van der Waals surface area contributed by atoms with Crippen LogP contribution < -0.4 is 10.5 Å². The summed E-state index contributed by atoms with van der Waals surface area (Å²) in [7, 11) is -3.78. The maximum atomic E-state index is 13.8. The zero-order chi connectivity index (χ0) is 13.9. The van der Waals surface area contributed by atoms with E-state index < -0.39 is 15.8 Å². The van der Waals surface area contributed by atoms with E-state index in [1.54, 1.807) is 6.07 Å².